The number of piperazine rings is 1. The van der Waals surface area contributed by atoms with Gasteiger partial charge in [-0.05, 0) is 47.5 Å². The van der Waals surface area contributed by atoms with Crippen LogP contribution in [0.4, 0.5) is 14.5 Å². The minimum Gasteiger partial charge on any atom is -0.369 e. The fourth-order valence-corrected chi connectivity index (χ4v) is 4.55. The van der Waals surface area contributed by atoms with Gasteiger partial charge in [0.2, 0.25) is 0 Å². The van der Waals surface area contributed by atoms with E-state index in [9.17, 15) is 8.78 Å². The van der Waals surface area contributed by atoms with Gasteiger partial charge < -0.3 is 10.2 Å². The number of hydrogen-bond donors (Lipinski definition) is 1. The minimum atomic E-state index is -0.674. The molecule has 0 spiro atoms. The summed E-state index contributed by atoms with van der Waals surface area (Å²) in [4.78, 5) is 11.0. The largest absolute Gasteiger partial charge is 0.369 e. The van der Waals surface area contributed by atoms with Gasteiger partial charge in [0.15, 0.2) is 5.82 Å². The molecule has 3 aromatic heterocycles. The Bertz CT molecular complexity index is 1470. The molecular weight excluding hydrogens is 420 g/mol. The topological polar surface area (TPSA) is 45.5 Å². The van der Waals surface area contributed by atoms with Crippen LogP contribution in [-0.4, -0.2) is 40.5 Å². The number of rotatable bonds is 3. The average Bonchev–Trinajstić information content (AvgIpc) is 3.27. The molecule has 0 atom stereocenters. The van der Waals surface area contributed by atoms with E-state index in [0.29, 0.717) is 10.9 Å². The van der Waals surface area contributed by atoms with Gasteiger partial charge in [0.05, 0.1) is 11.9 Å². The second kappa shape index (κ2) is 7.94. The van der Waals surface area contributed by atoms with Gasteiger partial charge in [-0.1, -0.05) is 12.1 Å². The van der Waals surface area contributed by atoms with Crippen LogP contribution in [0, 0.1) is 11.6 Å². The first-order valence-electron chi connectivity index (χ1n) is 10.9. The molecule has 0 amide bonds. The predicted molar refractivity (Wildman–Crippen MR) is 126 cm³/mol. The Hall–Kier alpha value is -3.84. The minimum absolute atomic E-state index is 0.144. The van der Waals surface area contributed by atoms with Gasteiger partial charge in [0.1, 0.15) is 17.0 Å². The zero-order chi connectivity index (χ0) is 22.4. The zero-order valence-corrected chi connectivity index (χ0v) is 17.8. The van der Waals surface area contributed by atoms with Crippen LogP contribution in [0.25, 0.3) is 38.9 Å². The van der Waals surface area contributed by atoms with Crippen molar-refractivity contribution in [3.05, 3.63) is 84.8 Å². The van der Waals surface area contributed by atoms with Gasteiger partial charge in [-0.15, -0.1) is 0 Å². The van der Waals surface area contributed by atoms with Crippen LogP contribution in [-0.2, 0) is 0 Å². The summed E-state index contributed by atoms with van der Waals surface area (Å²) in [5.41, 5.74) is 5.73. The summed E-state index contributed by atoms with van der Waals surface area (Å²) in [5, 5.41) is 3.80. The molecule has 1 saturated heterocycles. The van der Waals surface area contributed by atoms with Crippen molar-refractivity contribution in [2.45, 2.75) is 0 Å². The first kappa shape index (κ1) is 19.8. The number of aromatic nitrogens is 3. The van der Waals surface area contributed by atoms with E-state index in [4.69, 9.17) is 0 Å². The molecule has 0 radical (unpaired) electrons. The summed E-state index contributed by atoms with van der Waals surface area (Å²) >= 11 is 0. The summed E-state index contributed by atoms with van der Waals surface area (Å²) in [6, 6.07) is 16.6. The SMILES string of the molecule is Fc1cc(F)c2nccc(-c3cnc4cc(-c5ccc(N6CCNCC6)cc5)ccn34)c2c1. The standard InChI is InChI=1S/C26H21F2N5/c27-19-14-22-21(5-7-30-26(22)23(28)15-19)24-16-31-25-13-18(6-10-33(24)25)17-1-3-20(4-2-17)32-11-8-29-9-12-32/h1-7,10,13-16,29H,8-9,11-12H2. The van der Waals surface area contributed by atoms with Crippen LogP contribution >= 0.6 is 0 Å². The van der Waals surface area contributed by atoms with E-state index >= 15 is 0 Å². The molecule has 0 aliphatic carbocycles. The van der Waals surface area contributed by atoms with E-state index in [2.05, 4.69) is 44.5 Å². The Balaban J connectivity index is 1.37. The summed E-state index contributed by atoms with van der Waals surface area (Å²) in [6.07, 6.45) is 5.20. The number of anilines is 1. The number of fused-ring (bicyclic) bond motifs is 2. The first-order chi connectivity index (χ1) is 16.2. The van der Waals surface area contributed by atoms with Gasteiger partial charge in [0.25, 0.3) is 0 Å². The molecule has 1 fully saturated rings. The molecule has 4 heterocycles. The highest BCUT2D eigenvalue weighted by atomic mass is 19.1. The number of imidazole rings is 1. The van der Waals surface area contributed by atoms with E-state index in [1.54, 1.807) is 12.3 Å². The first-order valence-corrected chi connectivity index (χ1v) is 10.9. The maximum Gasteiger partial charge on any atom is 0.152 e. The van der Waals surface area contributed by atoms with Crippen molar-refractivity contribution in [3.8, 4) is 22.4 Å². The second-order valence-corrected chi connectivity index (χ2v) is 8.21. The molecule has 1 N–H and O–H groups in total. The maximum atomic E-state index is 14.2. The zero-order valence-electron chi connectivity index (χ0n) is 17.8. The summed E-state index contributed by atoms with van der Waals surface area (Å²) in [7, 11) is 0. The van der Waals surface area contributed by atoms with Crippen molar-refractivity contribution in [1.82, 2.24) is 19.7 Å². The Morgan fingerprint density at radius 3 is 2.48 bits per heavy atom. The normalized spacial score (nSPS) is 14.3. The molecule has 0 bridgehead atoms. The van der Waals surface area contributed by atoms with Crippen LogP contribution in [0.5, 0.6) is 0 Å². The third kappa shape index (κ3) is 3.50. The van der Waals surface area contributed by atoms with Crippen molar-refractivity contribution >= 4 is 22.2 Å². The lowest BCUT2D eigenvalue weighted by Gasteiger charge is -2.29. The molecule has 33 heavy (non-hydrogen) atoms. The lowest BCUT2D eigenvalue weighted by Crippen LogP contribution is -2.43. The van der Waals surface area contributed by atoms with Crippen LogP contribution in [0.15, 0.2) is 73.2 Å². The van der Waals surface area contributed by atoms with Gasteiger partial charge >= 0.3 is 0 Å². The van der Waals surface area contributed by atoms with Gasteiger partial charge in [0, 0.05) is 61.3 Å². The molecule has 6 rings (SSSR count). The molecule has 164 valence electrons. The number of nitrogens with one attached hydrogen (secondary N) is 1. The van der Waals surface area contributed by atoms with E-state index in [-0.39, 0.29) is 5.52 Å². The van der Waals surface area contributed by atoms with Crippen molar-refractivity contribution < 1.29 is 8.78 Å². The Morgan fingerprint density at radius 1 is 0.848 bits per heavy atom. The van der Waals surface area contributed by atoms with E-state index in [1.807, 2.05) is 22.7 Å². The quantitative estimate of drug-likeness (QED) is 0.432. The third-order valence-corrected chi connectivity index (χ3v) is 6.24. The average molecular weight is 441 g/mol. The Kier molecular flexibility index (Phi) is 4.77. The fraction of sp³-hybridized carbons (Fsp3) is 0.154. The molecule has 5 aromatic rings. The maximum absolute atomic E-state index is 14.2. The smallest absolute Gasteiger partial charge is 0.152 e. The van der Waals surface area contributed by atoms with E-state index < -0.39 is 11.6 Å². The highest BCUT2D eigenvalue weighted by molar-refractivity contribution is 5.94. The monoisotopic (exact) mass is 441 g/mol. The fourth-order valence-electron chi connectivity index (χ4n) is 4.55. The van der Waals surface area contributed by atoms with Crippen molar-refractivity contribution in [3.63, 3.8) is 0 Å². The summed E-state index contributed by atoms with van der Waals surface area (Å²) < 4.78 is 30.1. The lowest BCUT2D eigenvalue weighted by atomic mass is 10.1. The van der Waals surface area contributed by atoms with Gasteiger partial charge in [-0.3, -0.25) is 9.38 Å². The van der Waals surface area contributed by atoms with E-state index in [0.717, 1.165) is 54.7 Å². The number of benzene rings is 2. The predicted octanol–water partition coefficient (Wildman–Crippen LogP) is 4.90. The second-order valence-electron chi connectivity index (χ2n) is 8.21. The van der Waals surface area contributed by atoms with Crippen molar-refractivity contribution in [1.29, 1.82) is 0 Å². The molecule has 0 saturated carbocycles. The number of nitrogens with zero attached hydrogens (tertiary/aromatic N) is 4. The van der Waals surface area contributed by atoms with E-state index in [1.165, 1.54) is 18.0 Å². The highest BCUT2D eigenvalue weighted by Gasteiger charge is 2.15. The van der Waals surface area contributed by atoms with Gasteiger partial charge in [-0.25, -0.2) is 13.8 Å². The van der Waals surface area contributed by atoms with Crippen LogP contribution in [0.1, 0.15) is 0 Å². The Morgan fingerprint density at radius 2 is 1.67 bits per heavy atom. The molecular formula is C26H21F2N5. The molecule has 1 aliphatic heterocycles. The van der Waals surface area contributed by atoms with Crippen LogP contribution in [0.3, 0.4) is 0 Å². The summed E-state index contributed by atoms with van der Waals surface area (Å²) in [6.45, 7) is 4.04. The summed E-state index contributed by atoms with van der Waals surface area (Å²) in [5.74, 6) is -1.30. The van der Waals surface area contributed by atoms with Gasteiger partial charge in [-0.2, -0.15) is 0 Å². The molecule has 5 nitrogen and oxygen atoms in total. The van der Waals surface area contributed by atoms with Crippen molar-refractivity contribution in [2.75, 3.05) is 31.1 Å². The molecule has 7 heteroatoms. The number of hydrogen-bond acceptors (Lipinski definition) is 4. The Labute approximate surface area is 189 Å². The lowest BCUT2D eigenvalue weighted by molar-refractivity contribution is 0.589. The number of halogens is 2. The highest BCUT2D eigenvalue weighted by Crippen LogP contribution is 2.31. The number of pyridine rings is 2. The van der Waals surface area contributed by atoms with Crippen LogP contribution < -0.4 is 10.2 Å². The van der Waals surface area contributed by atoms with Crippen LogP contribution in [0.2, 0.25) is 0 Å². The molecule has 0 unspecified atom stereocenters. The third-order valence-electron chi connectivity index (χ3n) is 6.24. The molecule has 1 aliphatic rings. The molecule has 2 aromatic carbocycles. The van der Waals surface area contributed by atoms with Crippen molar-refractivity contribution in [2.24, 2.45) is 0 Å².